The van der Waals surface area contributed by atoms with Gasteiger partial charge in [-0.1, -0.05) is 11.6 Å². The highest BCUT2D eigenvalue weighted by molar-refractivity contribution is 6.33. The molecule has 4 heteroatoms. The van der Waals surface area contributed by atoms with E-state index < -0.39 is 0 Å². The summed E-state index contributed by atoms with van der Waals surface area (Å²) in [5.41, 5.74) is 6.59. The van der Waals surface area contributed by atoms with Crippen molar-refractivity contribution in [1.29, 1.82) is 0 Å². The van der Waals surface area contributed by atoms with Gasteiger partial charge in [0.25, 0.3) is 0 Å². The normalized spacial score (nSPS) is 9.83. The first-order valence-corrected chi connectivity index (χ1v) is 3.86. The van der Waals surface area contributed by atoms with Crippen LogP contribution in [-0.2, 0) is 11.2 Å². The quantitative estimate of drug-likeness (QED) is 0.757. The van der Waals surface area contributed by atoms with Crippen molar-refractivity contribution in [3.05, 3.63) is 23.0 Å². The lowest BCUT2D eigenvalue weighted by Gasteiger charge is -2.02. The van der Waals surface area contributed by atoms with Crippen LogP contribution in [0.15, 0.2) is 12.4 Å². The second kappa shape index (κ2) is 3.54. The predicted molar refractivity (Wildman–Crippen MR) is 48.0 cm³/mol. The Kier molecular flexibility index (Phi) is 2.65. The van der Waals surface area contributed by atoms with Crippen LogP contribution in [0.1, 0.15) is 12.5 Å². The maximum Gasteiger partial charge on any atom is 0.134 e. The van der Waals surface area contributed by atoms with Crippen molar-refractivity contribution in [2.75, 3.05) is 5.73 Å². The Morgan fingerprint density at radius 1 is 1.67 bits per heavy atom. The van der Waals surface area contributed by atoms with E-state index >= 15 is 0 Å². The van der Waals surface area contributed by atoms with Crippen molar-refractivity contribution >= 4 is 23.1 Å². The molecule has 0 aromatic carbocycles. The van der Waals surface area contributed by atoms with E-state index in [1.165, 1.54) is 13.1 Å². The van der Waals surface area contributed by atoms with Crippen molar-refractivity contribution in [2.24, 2.45) is 0 Å². The van der Waals surface area contributed by atoms with E-state index in [1.54, 1.807) is 6.20 Å². The Morgan fingerprint density at radius 2 is 2.33 bits per heavy atom. The maximum atomic E-state index is 10.7. The van der Waals surface area contributed by atoms with Crippen LogP contribution in [-0.4, -0.2) is 10.8 Å². The van der Waals surface area contributed by atoms with Crippen LogP contribution >= 0.6 is 11.6 Å². The van der Waals surface area contributed by atoms with Crippen molar-refractivity contribution in [2.45, 2.75) is 13.3 Å². The molecular formula is C8H9ClN2O. The summed E-state index contributed by atoms with van der Waals surface area (Å²) in [6.45, 7) is 1.50. The van der Waals surface area contributed by atoms with Crippen LogP contribution in [0.3, 0.4) is 0 Å². The lowest BCUT2D eigenvalue weighted by atomic mass is 10.1. The predicted octanol–water partition coefficient (Wildman–Crippen LogP) is 1.45. The molecule has 0 atom stereocenters. The van der Waals surface area contributed by atoms with Gasteiger partial charge in [-0.25, -0.2) is 0 Å². The number of Topliss-reactive ketones (excluding diaryl/α,β-unsaturated/α-hetero) is 1. The number of pyridine rings is 1. The summed E-state index contributed by atoms with van der Waals surface area (Å²) in [5.74, 6) is 0.0456. The summed E-state index contributed by atoms with van der Waals surface area (Å²) in [6, 6.07) is 0. The highest BCUT2D eigenvalue weighted by atomic mass is 35.5. The maximum absolute atomic E-state index is 10.7. The lowest BCUT2D eigenvalue weighted by molar-refractivity contribution is -0.116. The molecule has 64 valence electrons. The first-order chi connectivity index (χ1) is 5.61. The standard InChI is InChI=1S/C8H9ClN2O/c1-5(12)2-6-3-11-4-7(10)8(6)9/h3-4H,2,10H2,1H3. The molecule has 0 saturated heterocycles. The highest BCUT2D eigenvalue weighted by Crippen LogP contribution is 2.21. The average Bonchev–Trinajstić information content (AvgIpc) is 1.98. The fourth-order valence-electron chi connectivity index (χ4n) is 0.898. The van der Waals surface area contributed by atoms with Gasteiger partial charge in [0.2, 0.25) is 0 Å². The molecule has 0 unspecified atom stereocenters. The second-order valence-electron chi connectivity index (χ2n) is 2.58. The number of nitrogens with two attached hydrogens (primary N) is 1. The minimum atomic E-state index is 0.0456. The Morgan fingerprint density at radius 3 is 2.92 bits per heavy atom. The van der Waals surface area contributed by atoms with E-state index in [0.29, 0.717) is 16.3 Å². The number of aromatic nitrogens is 1. The minimum absolute atomic E-state index is 0.0456. The number of carbonyl (C=O) groups is 1. The fourth-order valence-corrected chi connectivity index (χ4v) is 1.06. The van der Waals surface area contributed by atoms with E-state index in [4.69, 9.17) is 17.3 Å². The molecule has 1 rings (SSSR count). The first kappa shape index (κ1) is 9.00. The number of rotatable bonds is 2. The van der Waals surface area contributed by atoms with E-state index in [9.17, 15) is 4.79 Å². The third-order valence-electron chi connectivity index (χ3n) is 1.42. The summed E-state index contributed by atoms with van der Waals surface area (Å²) in [4.78, 5) is 14.6. The average molecular weight is 185 g/mol. The SMILES string of the molecule is CC(=O)Cc1cncc(N)c1Cl. The molecule has 3 nitrogen and oxygen atoms in total. The highest BCUT2D eigenvalue weighted by Gasteiger charge is 2.05. The van der Waals surface area contributed by atoms with Crippen LogP contribution in [0, 0.1) is 0 Å². The molecule has 0 aliphatic rings. The molecule has 0 aliphatic carbocycles. The Labute approximate surface area is 75.6 Å². The monoisotopic (exact) mass is 184 g/mol. The molecule has 0 fully saturated rings. The number of hydrogen-bond donors (Lipinski definition) is 1. The summed E-state index contributed by atoms with van der Waals surface area (Å²) in [7, 11) is 0. The number of anilines is 1. The minimum Gasteiger partial charge on any atom is -0.396 e. The summed E-state index contributed by atoms with van der Waals surface area (Å²) >= 11 is 5.82. The fraction of sp³-hybridized carbons (Fsp3) is 0.250. The van der Waals surface area contributed by atoms with Gasteiger partial charge in [0.1, 0.15) is 5.78 Å². The Bertz CT molecular complexity index is 312. The van der Waals surface area contributed by atoms with Crippen LogP contribution in [0.25, 0.3) is 0 Å². The van der Waals surface area contributed by atoms with Crippen LogP contribution < -0.4 is 5.73 Å². The molecule has 0 amide bonds. The Balaban J connectivity index is 3.00. The molecule has 2 N–H and O–H groups in total. The van der Waals surface area contributed by atoms with Gasteiger partial charge in [-0.05, 0) is 12.5 Å². The van der Waals surface area contributed by atoms with Crippen molar-refractivity contribution in [3.8, 4) is 0 Å². The summed E-state index contributed by atoms with van der Waals surface area (Å²) in [5, 5.41) is 0.431. The molecule has 0 saturated carbocycles. The number of ketones is 1. The van der Waals surface area contributed by atoms with Gasteiger partial charge in [-0.15, -0.1) is 0 Å². The van der Waals surface area contributed by atoms with Crippen molar-refractivity contribution in [1.82, 2.24) is 4.98 Å². The van der Waals surface area contributed by atoms with E-state index in [0.717, 1.165) is 0 Å². The zero-order valence-electron chi connectivity index (χ0n) is 6.67. The summed E-state index contributed by atoms with van der Waals surface area (Å²) in [6.07, 6.45) is 3.31. The number of nitrogens with zero attached hydrogens (tertiary/aromatic N) is 1. The third kappa shape index (κ3) is 1.95. The molecule has 12 heavy (non-hydrogen) atoms. The number of nitrogen functional groups attached to an aromatic ring is 1. The molecule has 0 spiro atoms. The molecule has 1 aromatic heterocycles. The molecule has 0 radical (unpaired) electrons. The second-order valence-corrected chi connectivity index (χ2v) is 2.96. The zero-order valence-corrected chi connectivity index (χ0v) is 7.43. The van der Waals surface area contributed by atoms with Crippen LogP contribution in [0.5, 0.6) is 0 Å². The van der Waals surface area contributed by atoms with Crippen molar-refractivity contribution in [3.63, 3.8) is 0 Å². The number of halogens is 1. The van der Waals surface area contributed by atoms with E-state index in [-0.39, 0.29) is 12.2 Å². The largest absolute Gasteiger partial charge is 0.396 e. The van der Waals surface area contributed by atoms with Gasteiger partial charge >= 0.3 is 0 Å². The van der Waals surface area contributed by atoms with Gasteiger partial charge in [0, 0.05) is 12.6 Å². The number of hydrogen-bond acceptors (Lipinski definition) is 3. The molecular weight excluding hydrogens is 176 g/mol. The van der Waals surface area contributed by atoms with E-state index in [2.05, 4.69) is 4.98 Å². The molecule has 0 aliphatic heterocycles. The first-order valence-electron chi connectivity index (χ1n) is 3.48. The zero-order chi connectivity index (χ0) is 9.14. The topological polar surface area (TPSA) is 56.0 Å². The van der Waals surface area contributed by atoms with Crippen LogP contribution in [0.2, 0.25) is 5.02 Å². The summed E-state index contributed by atoms with van der Waals surface area (Å²) < 4.78 is 0. The van der Waals surface area contributed by atoms with E-state index in [1.807, 2.05) is 0 Å². The van der Waals surface area contributed by atoms with Gasteiger partial charge in [0.05, 0.1) is 16.9 Å². The lowest BCUT2D eigenvalue weighted by Crippen LogP contribution is -2.00. The van der Waals surface area contributed by atoms with Gasteiger partial charge in [-0.3, -0.25) is 9.78 Å². The Hall–Kier alpha value is -1.09. The van der Waals surface area contributed by atoms with Gasteiger partial charge in [-0.2, -0.15) is 0 Å². The van der Waals surface area contributed by atoms with Crippen molar-refractivity contribution < 1.29 is 4.79 Å². The molecule has 0 bridgehead atoms. The number of carbonyl (C=O) groups excluding carboxylic acids is 1. The smallest absolute Gasteiger partial charge is 0.134 e. The van der Waals surface area contributed by atoms with Gasteiger partial charge < -0.3 is 5.73 Å². The molecule has 1 aromatic rings. The third-order valence-corrected chi connectivity index (χ3v) is 1.88. The van der Waals surface area contributed by atoms with Gasteiger partial charge in [0.15, 0.2) is 0 Å². The van der Waals surface area contributed by atoms with Crippen LogP contribution in [0.4, 0.5) is 5.69 Å². The molecule has 1 heterocycles.